The van der Waals surface area contributed by atoms with Crippen LogP contribution in [0.15, 0.2) is 36.9 Å². The molecule has 0 bridgehead atoms. The minimum absolute atomic E-state index is 0.0709. The number of hydrogen-bond acceptors (Lipinski definition) is 6. The van der Waals surface area contributed by atoms with Crippen molar-refractivity contribution in [3.8, 4) is 11.8 Å². The van der Waals surface area contributed by atoms with Gasteiger partial charge in [0.25, 0.3) is 11.8 Å². The van der Waals surface area contributed by atoms with Crippen LogP contribution in [-0.2, 0) is 11.3 Å². The van der Waals surface area contributed by atoms with E-state index in [9.17, 15) is 14.9 Å². The fraction of sp³-hybridized carbons (Fsp3) is 0.381. The van der Waals surface area contributed by atoms with Crippen molar-refractivity contribution in [3.05, 3.63) is 53.6 Å². The van der Waals surface area contributed by atoms with Gasteiger partial charge in [-0.05, 0) is 12.1 Å². The van der Waals surface area contributed by atoms with Gasteiger partial charge >= 0.3 is 0 Å². The lowest BCUT2D eigenvalue weighted by molar-refractivity contribution is -0.147. The number of carbonyl (C=O) groups excluding carboxylic acids is 2. The highest BCUT2D eigenvalue weighted by molar-refractivity contribution is 5.94. The summed E-state index contributed by atoms with van der Waals surface area (Å²) in [7, 11) is 0. The summed E-state index contributed by atoms with van der Waals surface area (Å²) in [4.78, 5) is 36.5. The van der Waals surface area contributed by atoms with Gasteiger partial charge in [-0.1, -0.05) is 0 Å². The molecule has 0 atom stereocenters. The molecule has 2 aromatic rings. The molecule has 0 aliphatic carbocycles. The first-order chi connectivity index (χ1) is 14.5. The van der Waals surface area contributed by atoms with E-state index in [0.717, 1.165) is 0 Å². The molecule has 1 saturated heterocycles. The van der Waals surface area contributed by atoms with Gasteiger partial charge < -0.3 is 14.5 Å². The first-order valence-corrected chi connectivity index (χ1v) is 9.69. The van der Waals surface area contributed by atoms with Crippen LogP contribution in [0.2, 0.25) is 0 Å². The van der Waals surface area contributed by atoms with E-state index in [1.807, 2.05) is 6.07 Å². The van der Waals surface area contributed by atoms with E-state index in [2.05, 4.69) is 9.97 Å². The Morgan fingerprint density at radius 3 is 2.63 bits per heavy atom. The number of nitriles is 1. The van der Waals surface area contributed by atoms with Crippen LogP contribution in [0.1, 0.15) is 34.3 Å². The lowest BCUT2D eigenvalue weighted by Gasteiger charge is -2.37. The Morgan fingerprint density at radius 2 is 1.93 bits per heavy atom. The number of fused-ring (bicyclic) bond motifs is 1. The molecule has 9 heteroatoms. The van der Waals surface area contributed by atoms with E-state index in [4.69, 9.17) is 4.74 Å². The molecule has 0 saturated carbocycles. The molecule has 2 aliphatic rings. The van der Waals surface area contributed by atoms with E-state index in [0.29, 0.717) is 22.4 Å². The highest BCUT2D eigenvalue weighted by Crippen LogP contribution is 2.32. The second-order valence-corrected chi connectivity index (χ2v) is 7.36. The third-order valence-electron chi connectivity index (χ3n) is 5.48. The zero-order valence-electron chi connectivity index (χ0n) is 16.3. The molecule has 154 valence electrons. The van der Waals surface area contributed by atoms with Crippen molar-refractivity contribution in [3.63, 3.8) is 0 Å². The second-order valence-electron chi connectivity index (χ2n) is 7.36. The van der Waals surface area contributed by atoms with Crippen molar-refractivity contribution in [2.75, 3.05) is 26.2 Å². The third kappa shape index (κ3) is 3.68. The molecule has 0 aromatic carbocycles. The Balaban J connectivity index is 1.45. The number of carbonyl (C=O) groups is 2. The number of piperidine rings is 1. The van der Waals surface area contributed by atoms with Crippen LogP contribution >= 0.6 is 0 Å². The van der Waals surface area contributed by atoms with Crippen molar-refractivity contribution >= 4 is 11.8 Å². The maximum absolute atomic E-state index is 15.6. The largest absolute Gasteiger partial charge is 0.490 e. The van der Waals surface area contributed by atoms with Crippen molar-refractivity contribution < 1.29 is 18.7 Å². The van der Waals surface area contributed by atoms with E-state index in [-0.39, 0.29) is 51.5 Å². The molecule has 0 unspecified atom stereocenters. The summed E-state index contributed by atoms with van der Waals surface area (Å²) < 4.78 is 21.2. The van der Waals surface area contributed by atoms with Crippen LogP contribution in [0.25, 0.3) is 0 Å². The average Bonchev–Trinajstić information content (AvgIpc) is 3.01. The molecule has 0 N–H and O–H groups in total. The first kappa shape index (κ1) is 19.8. The lowest BCUT2D eigenvalue weighted by Crippen LogP contribution is -2.53. The summed E-state index contributed by atoms with van der Waals surface area (Å²) in [5, 5.41) is 9.21. The highest BCUT2D eigenvalue weighted by Gasteiger charge is 2.45. The molecule has 0 radical (unpaired) electrons. The Kier molecular flexibility index (Phi) is 5.31. The number of alkyl halides is 1. The SMILES string of the molecule is N#Cc1cncc2c1OCCN(C(=O)C1(F)CCN(C(=O)c3cccnc3)CC1)C2. The fourth-order valence-electron chi connectivity index (χ4n) is 3.80. The molecule has 4 rings (SSSR count). The maximum Gasteiger partial charge on any atom is 0.260 e. The average molecular weight is 409 g/mol. The molecule has 30 heavy (non-hydrogen) atoms. The normalized spacial score (nSPS) is 17.9. The number of halogens is 1. The number of amides is 2. The quantitative estimate of drug-likeness (QED) is 0.749. The van der Waals surface area contributed by atoms with Gasteiger partial charge in [-0.3, -0.25) is 19.6 Å². The fourth-order valence-corrected chi connectivity index (χ4v) is 3.80. The number of rotatable bonds is 2. The summed E-state index contributed by atoms with van der Waals surface area (Å²) in [5.41, 5.74) is -0.736. The highest BCUT2D eigenvalue weighted by atomic mass is 19.1. The van der Waals surface area contributed by atoms with Crippen LogP contribution < -0.4 is 4.74 Å². The number of nitrogens with zero attached hydrogens (tertiary/aromatic N) is 5. The molecular weight excluding hydrogens is 389 g/mol. The van der Waals surface area contributed by atoms with Gasteiger partial charge in [-0.25, -0.2) is 4.39 Å². The number of hydrogen-bond donors (Lipinski definition) is 0. The van der Waals surface area contributed by atoms with Crippen molar-refractivity contribution in [2.45, 2.75) is 25.1 Å². The summed E-state index contributed by atoms with van der Waals surface area (Å²) in [6.07, 6.45) is 5.85. The van der Waals surface area contributed by atoms with Gasteiger partial charge in [0.15, 0.2) is 5.67 Å². The van der Waals surface area contributed by atoms with Crippen LogP contribution in [0.3, 0.4) is 0 Å². The van der Waals surface area contributed by atoms with Gasteiger partial charge in [-0.15, -0.1) is 0 Å². The molecular formula is C21H20FN5O3. The van der Waals surface area contributed by atoms with E-state index in [1.54, 1.807) is 23.2 Å². The molecule has 1 fully saturated rings. The predicted octanol–water partition coefficient (Wildman–Crippen LogP) is 1.71. The van der Waals surface area contributed by atoms with Crippen LogP contribution in [0, 0.1) is 11.3 Å². The lowest BCUT2D eigenvalue weighted by atomic mass is 9.91. The van der Waals surface area contributed by atoms with Gasteiger partial charge in [0, 0.05) is 56.3 Å². The predicted molar refractivity (Wildman–Crippen MR) is 103 cm³/mol. The zero-order chi connectivity index (χ0) is 21.1. The summed E-state index contributed by atoms with van der Waals surface area (Å²) in [6.45, 7) is 0.802. The number of likely N-dealkylation sites (tertiary alicyclic amines) is 1. The third-order valence-corrected chi connectivity index (χ3v) is 5.48. The molecule has 2 aliphatic heterocycles. The van der Waals surface area contributed by atoms with Gasteiger partial charge in [-0.2, -0.15) is 5.26 Å². The van der Waals surface area contributed by atoms with Crippen molar-refractivity contribution in [1.29, 1.82) is 5.26 Å². The summed E-state index contributed by atoms with van der Waals surface area (Å²) >= 11 is 0. The van der Waals surface area contributed by atoms with E-state index < -0.39 is 11.6 Å². The monoisotopic (exact) mass is 409 g/mol. The minimum Gasteiger partial charge on any atom is -0.490 e. The topological polar surface area (TPSA) is 99.4 Å². The Morgan fingerprint density at radius 1 is 1.13 bits per heavy atom. The van der Waals surface area contributed by atoms with Crippen molar-refractivity contribution in [2.24, 2.45) is 0 Å². The molecule has 2 amide bonds. The van der Waals surface area contributed by atoms with E-state index >= 15 is 4.39 Å². The van der Waals surface area contributed by atoms with E-state index in [1.165, 1.54) is 23.5 Å². The molecule has 8 nitrogen and oxygen atoms in total. The molecule has 0 spiro atoms. The first-order valence-electron chi connectivity index (χ1n) is 9.69. The zero-order valence-corrected chi connectivity index (χ0v) is 16.3. The van der Waals surface area contributed by atoms with Gasteiger partial charge in [0.2, 0.25) is 0 Å². The second kappa shape index (κ2) is 8.06. The number of aromatic nitrogens is 2. The Labute approximate surface area is 172 Å². The molecule has 4 heterocycles. The van der Waals surface area contributed by atoms with Crippen LogP contribution in [-0.4, -0.2) is 63.5 Å². The minimum atomic E-state index is -2.05. The maximum atomic E-state index is 15.6. The smallest absolute Gasteiger partial charge is 0.260 e. The Bertz CT molecular complexity index is 999. The molecule has 2 aromatic heterocycles. The van der Waals surface area contributed by atoms with Gasteiger partial charge in [0.05, 0.1) is 18.7 Å². The Hall–Kier alpha value is -3.54. The van der Waals surface area contributed by atoms with Crippen LogP contribution in [0.4, 0.5) is 4.39 Å². The summed E-state index contributed by atoms with van der Waals surface area (Å²) in [5.74, 6) is -0.438. The summed E-state index contributed by atoms with van der Waals surface area (Å²) in [6, 6.07) is 5.36. The standard InChI is InChI=1S/C21H20FN5O3/c22-21(3-6-26(7-4-21)19(28)15-2-1-5-24-11-15)20(29)27-8-9-30-18-16(10-23)12-25-13-17(18)14-27/h1-2,5,11-13H,3-4,6-9,14H2. The van der Waals surface area contributed by atoms with Crippen LogP contribution in [0.5, 0.6) is 5.75 Å². The number of ether oxygens (including phenoxy) is 1. The number of pyridine rings is 2. The van der Waals surface area contributed by atoms with Gasteiger partial charge in [0.1, 0.15) is 24.0 Å². The van der Waals surface area contributed by atoms with Crippen molar-refractivity contribution in [1.82, 2.24) is 19.8 Å².